The molecule has 8 nitrogen and oxygen atoms in total. The lowest BCUT2D eigenvalue weighted by molar-refractivity contribution is -0.275. The highest BCUT2D eigenvalue weighted by molar-refractivity contribution is 7.92. The van der Waals surface area contributed by atoms with Crippen LogP contribution in [0.1, 0.15) is 5.82 Å². The molecule has 120 valence electrons. The van der Waals surface area contributed by atoms with Gasteiger partial charge in [-0.2, -0.15) is 18.2 Å². The summed E-state index contributed by atoms with van der Waals surface area (Å²) >= 11 is 0. The number of sulfonamides is 1. The molecule has 2 rings (SSSR count). The van der Waals surface area contributed by atoms with E-state index in [2.05, 4.69) is 9.84 Å². The van der Waals surface area contributed by atoms with E-state index in [-0.39, 0.29) is 5.82 Å². The molecule has 1 aromatic heterocycles. The van der Waals surface area contributed by atoms with E-state index < -0.39 is 32.7 Å². The topological polar surface area (TPSA) is 106 Å². The summed E-state index contributed by atoms with van der Waals surface area (Å²) in [4.78, 5) is 12.4. The SMILES string of the molecule is Cc1n[nH]c(=O)n1NS(=O)(=O)c1ccccc1OC(F)(F)F. The first-order valence-corrected chi connectivity index (χ1v) is 7.10. The Hall–Kier alpha value is -2.50. The highest BCUT2D eigenvalue weighted by Gasteiger charge is 2.34. The molecule has 2 N–H and O–H groups in total. The van der Waals surface area contributed by atoms with Gasteiger partial charge in [-0.3, -0.25) is 0 Å². The summed E-state index contributed by atoms with van der Waals surface area (Å²) in [6.45, 7) is 1.32. The minimum Gasteiger partial charge on any atom is -0.404 e. The fourth-order valence-electron chi connectivity index (χ4n) is 1.53. The number of halogens is 3. The third-order valence-corrected chi connectivity index (χ3v) is 3.76. The zero-order chi connectivity index (χ0) is 16.5. The highest BCUT2D eigenvalue weighted by atomic mass is 32.2. The van der Waals surface area contributed by atoms with Gasteiger partial charge in [0.25, 0.3) is 10.0 Å². The van der Waals surface area contributed by atoms with Crippen LogP contribution in [0, 0.1) is 6.92 Å². The summed E-state index contributed by atoms with van der Waals surface area (Å²) in [5.41, 5.74) is -0.893. The molecule has 0 saturated carbocycles. The van der Waals surface area contributed by atoms with Crippen LogP contribution in [0.3, 0.4) is 0 Å². The number of aromatic nitrogens is 3. The monoisotopic (exact) mass is 338 g/mol. The Kier molecular flexibility index (Phi) is 3.87. The predicted octanol–water partition coefficient (Wildman–Crippen LogP) is 0.711. The fraction of sp³-hybridized carbons (Fsp3) is 0.200. The van der Waals surface area contributed by atoms with Gasteiger partial charge in [0.1, 0.15) is 10.6 Å². The molecular formula is C10H9F3N4O4S. The van der Waals surface area contributed by atoms with Crippen molar-refractivity contribution in [1.29, 1.82) is 0 Å². The first-order valence-electron chi connectivity index (χ1n) is 5.62. The molecular weight excluding hydrogens is 329 g/mol. The second kappa shape index (κ2) is 5.36. The minimum atomic E-state index is -5.06. The smallest absolute Gasteiger partial charge is 0.404 e. The number of hydrogen-bond acceptors (Lipinski definition) is 5. The molecule has 0 spiro atoms. The van der Waals surface area contributed by atoms with Crippen LogP contribution in [0.2, 0.25) is 0 Å². The zero-order valence-electron chi connectivity index (χ0n) is 10.9. The van der Waals surface area contributed by atoms with Crippen LogP contribution >= 0.6 is 0 Å². The molecule has 0 atom stereocenters. The average Bonchev–Trinajstić information content (AvgIpc) is 2.69. The molecule has 0 bridgehead atoms. The van der Waals surface area contributed by atoms with Gasteiger partial charge in [-0.25, -0.2) is 14.7 Å². The van der Waals surface area contributed by atoms with Gasteiger partial charge in [0.2, 0.25) is 0 Å². The number of ether oxygens (including phenoxy) is 1. The molecule has 1 heterocycles. The molecule has 12 heteroatoms. The molecule has 1 aromatic carbocycles. The maximum absolute atomic E-state index is 12.3. The Morgan fingerprint density at radius 2 is 1.95 bits per heavy atom. The van der Waals surface area contributed by atoms with Crippen molar-refractivity contribution in [3.8, 4) is 5.75 Å². The molecule has 0 radical (unpaired) electrons. The predicted molar refractivity (Wildman–Crippen MR) is 67.3 cm³/mol. The highest BCUT2D eigenvalue weighted by Crippen LogP contribution is 2.29. The molecule has 0 unspecified atom stereocenters. The van der Waals surface area contributed by atoms with Gasteiger partial charge in [-0.05, 0) is 19.1 Å². The number of nitrogens with zero attached hydrogens (tertiary/aromatic N) is 2. The van der Waals surface area contributed by atoms with Gasteiger partial charge < -0.3 is 4.74 Å². The maximum atomic E-state index is 12.3. The molecule has 0 aliphatic carbocycles. The molecule has 0 saturated heterocycles. The third-order valence-electron chi connectivity index (χ3n) is 2.42. The van der Waals surface area contributed by atoms with Crippen LogP contribution in [0.5, 0.6) is 5.75 Å². The van der Waals surface area contributed by atoms with Crippen LogP contribution in [0.15, 0.2) is 34.0 Å². The number of para-hydroxylation sites is 1. The lowest BCUT2D eigenvalue weighted by Gasteiger charge is -2.14. The van der Waals surface area contributed by atoms with E-state index in [1.54, 1.807) is 0 Å². The van der Waals surface area contributed by atoms with Gasteiger partial charge >= 0.3 is 12.1 Å². The number of H-pyrrole nitrogens is 1. The second-order valence-electron chi connectivity index (χ2n) is 4.00. The molecule has 2 aromatic rings. The Morgan fingerprint density at radius 1 is 1.32 bits per heavy atom. The molecule has 22 heavy (non-hydrogen) atoms. The summed E-state index contributed by atoms with van der Waals surface area (Å²) in [6.07, 6.45) is -5.06. The summed E-state index contributed by atoms with van der Waals surface area (Å²) < 4.78 is 65.4. The van der Waals surface area contributed by atoms with Crippen molar-refractivity contribution < 1.29 is 26.3 Å². The quantitative estimate of drug-likeness (QED) is 0.854. The minimum absolute atomic E-state index is 0.0252. The van der Waals surface area contributed by atoms with E-state index in [9.17, 15) is 26.4 Å². The van der Waals surface area contributed by atoms with Crippen LogP contribution in [-0.2, 0) is 10.0 Å². The van der Waals surface area contributed by atoms with Crippen LogP contribution in [0.25, 0.3) is 0 Å². The van der Waals surface area contributed by atoms with Crippen molar-refractivity contribution in [2.24, 2.45) is 0 Å². The first-order chi connectivity index (χ1) is 10.1. The van der Waals surface area contributed by atoms with Gasteiger partial charge in [0.15, 0.2) is 5.82 Å². The Bertz CT molecular complexity index is 840. The van der Waals surface area contributed by atoms with E-state index >= 15 is 0 Å². The van der Waals surface area contributed by atoms with Gasteiger partial charge in [0, 0.05) is 0 Å². The lowest BCUT2D eigenvalue weighted by Crippen LogP contribution is -2.33. The Morgan fingerprint density at radius 3 is 2.50 bits per heavy atom. The number of benzene rings is 1. The summed E-state index contributed by atoms with van der Waals surface area (Å²) in [5.74, 6) is -0.945. The fourth-order valence-corrected chi connectivity index (χ4v) is 2.72. The van der Waals surface area contributed by atoms with Crippen LogP contribution in [-0.4, -0.2) is 29.7 Å². The standard InChI is InChI=1S/C10H9F3N4O4S/c1-6-14-15-9(18)17(6)16-22(19,20)8-5-3-2-4-7(8)21-10(11,12)13/h2-5,16H,1H3,(H,15,18). The van der Waals surface area contributed by atoms with Crippen LogP contribution < -0.4 is 15.3 Å². The number of hydrogen-bond donors (Lipinski definition) is 2. The lowest BCUT2D eigenvalue weighted by atomic mass is 10.3. The molecule has 0 fully saturated rings. The van der Waals surface area contributed by atoms with E-state index in [1.807, 2.05) is 9.93 Å². The second-order valence-corrected chi connectivity index (χ2v) is 5.63. The summed E-state index contributed by atoms with van der Waals surface area (Å²) in [5, 5.41) is 5.45. The number of aryl methyl sites for hydroxylation is 1. The van der Waals surface area contributed by atoms with Crippen molar-refractivity contribution in [3.05, 3.63) is 40.6 Å². The number of alkyl halides is 3. The molecule has 0 aliphatic heterocycles. The van der Waals surface area contributed by atoms with E-state index in [4.69, 9.17) is 0 Å². The number of rotatable bonds is 4. The first kappa shape index (κ1) is 15.9. The van der Waals surface area contributed by atoms with Gasteiger partial charge in [-0.15, -0.1) is 13.2 Å². The van der Waals surface area contributed by atoms with E-state index in [0.29, 0.717) is 4.68 Å². The maximum Gasteiger partial charge on any atom is 0.573 e. The average molecular weight is 338 g/mol. The normalized spacial score (nSPS) is 12.2. The van der Waals surface area contributed by atoms with Crippen molar-refractivity contribution in [1.82, 2.24) is 14.9 Å². The number of nitrogens with one attached hydrogen (secondary N) is 2. The van der Waals surface area contributed by atoms with Gasteiger partial charge in [0.05, 0.1) is 0 Å². The van der Waals surface area contributed by atoms with Crippen LogP contribution in [0.4, 0.5) is 13.2 Å². The zero-order valence-corrected chi connectivity index (χ0v) is 11.7. The van der Waals surface area contributed by atoms with Gasteiger partial charge in [-0.1, -0.05) is 12.1 Å². The summed E-state index contributed by atoms with van der Waals surface area (Å²) in [6, 6.07) is 4.13. The van der Waals surface area contributed by atoms with Crippen molar-refractivity contribution in [2.45, 2.75) is 18.2 Å². The molecule has 0 aliphatic rings. The molecule has 0 amide bonds. The summed E-state index contributed by atoms with van der Waals surface area (Å²) in [7, 11) is -4.50. The van der Waals surface area contributed by atoms with E-state index in [1.165, 1.54) is 19.1 Å². The third kappa shape index (κ3) is 3.39. The van der Waals surface area contributed by atoms with E-state index in [0.717, 1.165) is 12.1 Å². The van der Waals surface area contributed by atoms with Crippen molar-refractivity contribution in [3.63, 3.8) is 0 Å². The van der Waals surface area contributed by atoms with Crippen molar-refractivity contribution in [2.75, 3.05) is 4.83 Å². The Labute approximate surface area is 121 Å². The number of aromatic amines is 1. The largest absolute Gasteiger partial charge is 0.573 e. The van der Waals surface area contributed by atoms with Crippen molar-refractivity contribution >= 4 is 10.0 Å². The Balaban J connectivity index is 2.45.